The molecule has 2 rings (SSSR count). The standard InChI is InChI=1S/C15H13NO3/c16-9-11-1-5-13(6-2-11)15(18)19-14-7-3-12(10-17)4-8-14/h1-8,10H,9,16H2. The molecule has 2 aromatic rings. The molecule has 0 spiro atoms. The molecule has 96 valence electrons. The molecule has 0 radical (unpaired) electrons. The zero-order valence-electron chi connectivity index (χ0n) is 10.2. The highest BCUT2D eigenvalue weighted by atomic mass is 16.5. The molecule has 0 unspecified atom stereocenters. The van der Waals surface area contributed by atoms with Crippen molar-refractivity contribution < 1.29 is 14.3 Å². The second-order valence-electron chi connectivity index (χ2n) is 3.98. The van der Waals surface area contributed by atoms with Crippen molar-refractivity contribution in [2.24, 2.45) is 5.73 Å². The van der Waals surface area contributed by atoms with E-state index in [1.165, 1.54) is 0 Å². The van der Waals surface area contributed by atoms with Crippen LogP contribution in [0.2, 0.25) is 0 Å². The van der Waals surface area contributed by atoms with E-state index in [-0.39, 0.29) is 0 Å². The molecule has 0 aliphatic rings. The van der Waals surface area contributed by atoms with Gasteiger partial charge in [-0.05, 0) is 42.0 Å². The number of carbonyl (C=O) groups excluding carboxylic acids is 2. The van der Waals surface area contributed by atoms with E-state index in [1.807, 2.05) is 0 Å². The second-order valence-corrected chi connectivity index (χ2v) is 3.98. The first-order chi connectivity index (χ1) is 9.22. The van der Waals surface area contributed by atoms with Gasteiger partial charge in [0.2, 0.25) is 0 Å². The Kier molecular flexibility index (Phi) is 4.05. The average Bonchev–Trinajstić information content (AvgIpc) is 2.48. The van der Waals surface area contributed by atoms with Crippen LogP contribution in [0.25, 0.3) is 0 Å². The Bertz CT molecular complexity index is 573. The van der Waals surface area contributed by atoms with Crippen molar-refractivity contribution in [3.63, 3.8) is 0 Å². The van der Waals surface area contributed by atoms with Gasteiger partial charge in [-0.1, -0.05) is 12.1 Å². The van der Waals surface area contributed by atoms with E-state index in [9.17, 15) is 9.59 Å². The molecule has 0 aliphatic carbocycles. The minimum absolute atomic E-state index is 0.401. The lowest BCUT2D eigenvalue weighted by atomic mass is 10.1. The lowest BCUT2D eigenvalue weighted by Gasteiger charge is -2.05. The first kappa shape index (κ1) is 13.0. The summed E-state index contributed by atoms with van der Waals surface area (Å²) in [4.78, 5) is 22.3. The zero-order chi connectivity index (χ0) is 13.7. The summed E-state index contributed by atoms with van der Waals surface area (Å²) in [5.74, 6) is -0.0408. The molecule has 19 heavy (non-hydrogen) atoms. The van der Waals surface area contributed by atoms with Crippen LogP contribution >= 0.6 is 0 Å². The molecule has 0 heterocycles. The van der Waals surface area contributed by atoms with Crippen LogP contribution in [0.15, 0.2) is 48.5 Å². The minimum atomic E-state index is -0.442. The van der Waals surface area contributed by atoms with E-state index >= 15 is 0 Å². The van der Waals surface area contributed by atoms with E-state index in [4.69, 9.17) is 10.5 Å². The van der Waals surface area contributed by atoms with Crippen LogP contribution in [-0.2, 0) is 6.54 Å². The van der Waals surface area contributed by atoms with Crippen LogP contribution in [-0.4, -0.2) is 12.3 Å². The molecular weight excluding hydrogens is 242 g/mol. The molecular formula is C15H13NO3. The Balaban J connectivity index is 2.08. The lowest BCUT2D eigenvalue weighted by Crippen LogP contribution is -2.08. The summed E-state index contributed by atoms with van der Waals surface area (Å²) in [6.07, 6.45) is 0.733. The number of carbonyl (C=O) groups is 2. The number of rotatable bonds is 4. The Hall–Kier alpha value is -2.46. The molecule has 0 aromatic heterocycles. The molecule has 0 aliphatic heterocycles. The van der Waals surface area contributed by atoms with Gasteiger partial charge in [-0.2, -0.15) is 0 Å². The molecule has 0 fully saturated rings. The molecule has 0 saturated carbocycles. The van der Waals surface area contributed by atoms with Crippen LogP contribution in [0.5, 0.6) is 5.75 Å². The van der Waals surface area contributed by atoms with Gasteiger partial charge < -0.3 is 10.5 Å². The van der Waals surface area contributed by atoms with Gasteiger partial charge in [0.05, 0.1) is 5.56 Å². The minimum Gasteiger partial charge on any atom is -0.423 e. The molecule has 0 amide bonds. The van der Waals surface area contributed by atoms with Crippen LogP contribution in [0.1, 0.15) is 26.3 Å². The number of nitrogens with two attached hydrogens (primary N) is 1. The van der Waals surface area contributed by atoms with E-state index in [0.29, 0.717) is 23.4 Å². The third-order valence-corrected chi connectivity index (χ3v) is 2.65. The molecule has 0 saturated heterocycles. The van der Waals surface area contributed by atoms with Gasteiger partial charge in [-0.15, -0.1) is 0 Å². The van der Waals surface area contributed by atoms with Gasteiger partial charge in [0.1, 0.15) is 12.0 Å². The zero-order valence-corrected chi connectivity index (χ0v) is 10.2. The maximum absolute atomic E-state index is 11.8. The lowest BCUT2D eigenvalue weighted by molar-refractivity contribution is 0.0734. The fourth-order valence-electron chi connectivity index (χ4n) is 1.56. The van der Waals surface area contributed by atoms with Crippen LogP contribution in [0.4, 0.5) is 0 Å². The number of ether oxygens (including phenoxy) is 1. The summed E-state index contributed by atoms with van der Waals surface area (Å²) < 4.78 is 5.19. The quantitative estimate of drug-likeness (QED) is 0.516. The second kappa shape index (κ2) is 5.93. The molecule has 4 heteroatoms. The predicted octanol–water partition coefficient (Wildman–Crippen LogP) is 2.18. The van der Waals surface area contributed by atoms with Gasteiger partial charge in [0.15, 0.2) is 0 Å². The Labute approximate surface area is 110 Å². The van der Waals surface area contributed by atoms with Crippen molar-refractivity contribution >= 4 is 12.3 Å². The smallest absolute Gasteiger partial charge is 0.343 e. The maximum Gasteiger partial charge on any atom is 0.343 e. The summed E-state index contributed by atoms with van der Waals surface area (Å²) >= 11 is 0. The normalized spacial score (nSPS) is 9.95. The first-order valence-electron chi connectivity index (χ1n) is 5.79. The molecule has 2 aromatic carbocycles. The first-order valence-corrected chi connectivity index (χ1v) is 5.79. The van der Waals surface area contributed by atoms with E-state index in [2.05, 4.69) is 0 Å². The van der Waals surface area contributed by atoms with Gasteiger partial charge >= 0.3 is 5.97 Å². The van der Waals surface area contributed by atoms with Crippen LogP contribution < -0.4 is 10.5 Å². The van der Waals surface area contributed by atoms with Gasteiger partial charge in [0.25, 0.3) is 0 Å². The Morgan fingerprint density at radius 3 is 2.21 bits per heavy atom. The van der Waals surface area contributed by atoms with Gasteiger partial charge in [0, 0.05) is 12.1 Å². The summed E-state index contributed by atoms with van der Waals surface area (Å²) in [5.41, 5.74) is 7.42. The number of esters is 1. The Morgan fingerprint density at radius 1 is 1.05 bits per heavy atom. The van der Waals surface area contributed by atoms with Crippen molar-refractivity contribution in [3.05, 3.63) is 65.2 Å². The number of benzene rings is 2. The average molecular weight is 255 g/mol. The number of hydrogen-bond acceptors (Lipinski definition) is 4. The highest BCUT2D eigenvalue weighted by molar-refractivity contribution is 5.91. The molecule has 2 N–H and O–H groups in total. The number of hydrogen-bond donors (Lipinski definition) is 1. The molecule has 4 nitrogen and oxygen atoms in total. The van der Waals surface area contributed by atoms with E-state index in [0.717, 1.165) is 11.8 Å². The highest BCUT2D eigenvalue weighted by Crippen LogP contribution is 2.14. The summed E-state index contributed by atoms with van der Waals surface area (Å²) in [6.45, 7) is 0.433. The van der Waals surface area contributed by atoms with Gasteiger partial charge in [-0.25, -0.2) is 4.79 Å². The summed E-state index contributed by atoms with van der Waals surface area (Å²) in [7, 11) is 0. The summed E-state index contributed by atoms with van der Waals surface area (Å²) in [5, 5.41) is 0. The fourth-order valence-corrected chi connectivity index (χ4v) is 1.56. The fraction of sp³-hybridized carbons (Fsp3) is 0.0667. The van der Waals surface area contributed by atoms with E-state index < -0.39 is 5.97 Å². The maximum atomic E-state index is 11.8. The van der Waals surface area contributed by atoms with Crippen molar-refractivity contribution in [1.82, 2.24) is 0 Å². The van der Waals surface area contributed by atoms with Crippen LogP contribution in [0, 0.1) is 0 Å². The van der Waals surface area contributed by atoms with Gasteiger partial charge in [-0.3, -0.25) is 4.79 Å². The van der Waals surface area contributed by atoms with Crippen molar-refractivity contribution in [2.45, 2.75) is 6.54 Å². The summed E-state index contributed by atoms with van der Waals surface area (Å²) in [6, 6.07) is 13.2. The number of aldehydes is 1. The SMILES string of the molecule is NCc1ccc(C(=O)Oc2ccc(C=O)cc2)cc1. The molecule has 0 atom stereocenters. The van der Waals surface area contributed by atoms with Crippen molar-refractivity contribution in [3.8, 4) is 5.75 Å². The largest absolute Gasteiger partial charge is 0.423 e. The highest BCUT2D eigenvalue weighted by Gasteiger charge is 2.08. The van der Waals surface area contributed by atoms with Crippen molar-refractivity contribution in [2.75, 3.05) is 0 Å². The van der Waals surface area contributed by atoms with E-state index in [1.54, 1.807) is 48.5 Å². The third-order valence-electron chi connectivity index (χ3n) is 2.65. The third kappa shape index (κ3) is 3.26. The topological polar surface area (TPSA) is 69.4 Å². The molecule has 0 bridgehead atoms. The van der Waals surface area contributed by atoms with Crippen molar-refractivity contribution in [1.29, 1.82) is 0 Å². The monoisotopic (exact) mass is 255 g/mol. The predicted molar refractivity (Wildman–Crippen MR) is 71.1 cm³/mol. The van der Waals surface area contributed by atoms with Crippen LogP contribution in [0.3, 0.4) is 0 Å². The Morgan fingerprint density at radius 2 is 1.68 bits per heavy atom.